The molecule has 1 aliphatic rings. The molecule has 1 N–H and O–H groups in total. The lowest BCUT2D eigenvalue weighted by atomic mass is 10.3. The van der Waals surface area contributed by atoms with Crippen LogP contribution in [0.4, 0.5) is 0 Å². The summed E-state index contributed by atoms with van der Waals surface area (Å²) in [6, 6.07) is 0.0440. The number of nitrogens with one attached hydrogen (secondary N) is 1. The summed E-state index contributed by atoms with van der Waals surface area (Å²) in [5.74, 6) is 0.638. The first-order chi connectivity index (χ1) is 4.24. The second kappa shape index (κ2) is 2.09. The number of hydrogen-bond donors (Lipinski definition) is 1. The SMILES string of the molecule is COC1=CC(=O)N[C@H]1C. The Morgan fingerprint density at radius 3 is 2.67 bits per heavy atom. The summed E-state index contributed by atoms with van der Waals surface area (Å²) < 4.78 is 4.87. The van der Waals surface area contributed by atoms with Crippen molar-refractivity contribution in [2.75, 3.05) is 7.11 Å². The van der Waals surface area contributed by atoms with Crippen LogP contribution in [0, 0.1) is 0 Å². The molecular formula is C6H9NO2. The zero-order chi connectivity index (χ0) is 6.85. The van der Waals surface area contributed by atoms with Gasteiger partial charge < -0.3 is 10.1 Å². The third kappa shape index (κ3) is 1.04. The van der Waals surface area contributed by atoms with Crippen molar-refractivity contribution in [3.05, 3.63) is 11.8 Å². The Labute approximate surface area is 53.7 Å². The van der Waals surface area contributed by atoms with Crippen LogP contribution in [0.1, 0.15) is 6.92 Å². The largest absolute Gasteiger partial charge is 0.499 e. The van der Waals surface area contributed by atoms with E-state index in [-0.39, 0.29) is 11.9 Å². The molecule has 1 atom stereocenters. The van der Waals surface area contributed by atoms with E-state index in [2.05, 4.69) is 5.32 Å². The lowest BCUT2D eigenvalue weighted by molar-refractivity contribution is -0.116. The van der Waals surface area contributed by atoms with Crippen molar-refractivity contribution in [2.24, 2.45) is 0 Å². The van der Waals surface area contributed by atoms with Gasteiger partial charge in [-0.05, 0) is 6.92 Å². The molecule has 0 radical (unpaired) electrons. The molecule has 3 heteroatoms. The highest BCUT2D eigenvalue weighted by molar-refractivity contribution is 5.91. The standard InChI is InChI=1S/C6H9NO2/c1-4-5(9-2)3-6(8)7-4/h3-4H,1-2H3,(H,7,8)/t4-/m0/s1. The quantitative estimate of drug-likeness (QED) is 0.540. The van der Waals surface area contributed by atoms with Crippen molar-refractivity contribution in [1.29, 1.82) is 0 Å². The first-order valence-corrected chi connectivity index (χ1v) is 2.80. The van der Waals surface area contributed by atoms with Gasteiger partial charge in [0.05, 0.1) is 13.2 Å². The van der Waals surface area contributed by atoms with E-state index < -0.39 is 0 Å². The number of ether oxygens (including phenoxy) is 1. The molecule has 3 nitrogen and oxygen atoms in total. The maximum Gasteiger partial charge on any atom is 0.248 e. The average Bonchev–Trinajstić information content (AvgIpc) is 2.10. The van der Waals surface area contributed by atoms with Crippen molar-refractivity contribution in [3.63, 3.8) is 0 Å². The summed E-state index contributed by atoms with van der Waals surface area (Å²) in [5, 5.41) is 2.66. The lowest BCUT2D eigenvalue weighted by Gasteiger charge is -2.05. The molecule has 0 aromatic rings. The monoisotopic (exact) mass is 127 g/mol. The predicted octanol–water partition coefficient (Wildman–Crippen LogP) is 0.0350. The zero-order valence-corrected chi connectivity index (χ0v) is 5.47. The van der Waals surface area contributed by atoms with Crippen LogP contribution in [0.25, 0.3) is 0 Å². The van der Waals surface area contributed by atoms with E-state index in [1.807, 2.05) is 6.92 Å². The van der Waals surface area contributed by atoms with Gasteiger partial charge in [0.15, 0.2) is 0 Å². The van der Waals surface area contributed by atoms with E-state index in [4.69, 9.17) is 4.74 Å². The van der Waals surface area contributed by atoms with Gasteiger partial charge in [-0.15, -0.1) is 0 Å². The zero-order valence-electron chi connectivity index (χ0n) is 5.47. The molecular weight excluding hydrogens is 118 g/mol. The van der Waals surface area contributed by atoms with Gasteiger partial charge >= 0.3 is 0 Å². The summed E-state index contributed by atoms with van der Waals surface area (Å²) in [5.41, 5.74) is 0. The molecule has 1 rings (SSSR count). The summed E-state index contributed by atoms with van der Waals surface area (Å²) in [6.45, 7) is 1.88. The van der Waals surface area contributed by atoms with Crippen molar-refractivity contribution in [2.45, 2.75) is 13.0 Å². The average molecular weight is 127 g/mol. The molecule has 0 saturated heterocycles. The van der Waals surface area contributed by atoms with E-state index in [0.717, 1.165) is 0 Å². The second-order valence-electron chi connectivity index (χ2n) is 1.98. The third-order valence-corrected chi connectivity index (χ3v) is 1.29. The van der Waals surface area contributed by atoms with Gasteiger partial charge in [0.25, 0.3) is 0 Å². The number of methoxy groups -OCH3 is 1. The van der Waals surface area contributed by atoms with Gasteiger partial charge in [0, 0.05) is 6.08 Å². The number of hydrogen-bond acceptors (Lipinski definition) is 2. The molecule has 50 valence electrons. The summed E-state index contributed by atoms with van der Waals surface area (Å²) in [4.78, 5) is 10.6. The van der Waals surface area contributed by atoms with Gasteiger partial charge in [0.1, 0.15) is 5.76 Å². The van der Waals surface area contributed by atoms with Crippen LogP contribution in [-0.2, 0) is 9.53 Å². The minimum absolute atomic E-state index is 0.0440. The normalized spacial score (nSPS) is 25.3. The topological polar surface area (TPSA) is 38.3 Å². The molecule has 0 unspecified atom stereocenters. The number of amides is 1. The molecule has 0 aromatic heterocycles. The van der Waals surface area contributed by atoms with Gasteiger partial charge in [-0.25, -0.2) is 0 Å². The van der Waals surface area contributed by atoms with Crippen LogP contribution in [0.5, 0.6) is 0 Å². The minimum atomic E-state index is -0.0700. The Hall–Kier alpha value is -0.990. The fraction of sp³-hybridized carbons (Fsp3) is 0.500. The Morgan fingerprint density at radius 2 is 2.44 bits per heavy atom. The number of carbonyl (C=O) groups excluding carboxylic acids is 1. The van der Waals surface area contributed by atoms with Gasteiger partial charge in [-0.1, -0.05) is 0 Å². The van der Waals surface area contributed by atoms with Crippen LogP contribution in [0.15, 0.2) is 11.8 Å². The van der Waals surface area contributed by atoms with Crippen molar-refractivity contribution < 1.29 is 9.53 Å². The maximum atomic E-state index is 10.6. The van der Waals surface area contributed by atoms with Crippen LogP contribution in [0.3, 0.4) is 0 Å². The molecule has 1 amide bonds. The van der Waals surface area contributed by atoms with E-state index >= 15 is 0 Å². The highest BCUT2D eigenvalue weighted by Gasteiger charge is 2.18. The predicted molar refractivity (Wildman–Crippen MR) is 32.7 cm³/mol. The molecule has 0 saturated carbocycles. The molecule has 0 spiro atoms. The van der Waals surface area contributed by atoms with Crippen molar-refractivity contribution >= 4 is 5.91 Å². The molecule has 9 heavy (non-hydrogen) atoms. The molecule has 0 aliphatic carbocycles. The van der Waals surface area contributed by atoms with E-state index in [1.54, 1.807) is 7.11 Å². The van der Waals surface area contributed by atoms with Gasteiger partial charge in [-0.3, -0.25) is 4.79 Å². The molecule has 0 fully saturated rings. The summed E-state index contributed by atoms with van der Waals surface area (Å²) in [7, 11) is 1.56. The Bertz CT molecular complexity index is 162. The summed E-state index contributed by atoms with van der Waals surface area (Å²) >= 11 is 0. The first-order valence-electron chi connectivity index (χ1n) is 2.80. The highest BCUT2D eigenvalue weighted by atomic mass is 16.5. The maximum absolute atomic E-state index is 10.6. The fourth-order valence-electron chi connectivity index (χ4n) is 0.816. The van der Waals surface area contributed by atoms with Crippen LogP contribution in [-0.4, -0.2) is 19.1 Å². The van der Waals surface area contributed by atoms with Crippen molar-refractivity contribution in [3.8, 4) is 0 Å². The van der Waals surface area contributed by atoms with Gasteiger partial charge in [0.2, 0.25) is 5.91 Å². The highest BCUT2D eigenvalue weighted by Crippen LogP contribution is 2.07. The third-order valence-electron chi connectivity index (χ3n) is 1.29. The first kappa shape index (κ1) is 6.13. The minimum Gasteiger partial charge on any atom is -0.499 e. The fourth-order valence-corrected chi connectivity index (χ4v) is 0.816. The van der Waals surface area contributed by atoms with Crippen LogP contribution >= 0.6 is 0 Å². The van der Waals surface area contributed by atoms with Crippen LogP contribution in [0.2, 0.25) is 0 Å². The van der Waals surface area contributed by atoms with E-state index in [0.29, 0.717) is 5.76 Å². The lowest BCUT2D eigenvalue weighted by Crippen LogP contribution is -2.25. The van der Waals surface area contributed by atoms with Crippen molar-refractivity contribution in [1.82, 2.24) is 5.32 Å². The smallest absolute Gasteiger partial charge is 0.248 e. The molecule has 0 bridgehead atoms. The molecule has 1 aliphatic heterocycles. The Kier molecular flexibility index (Phi) is 1.42. The second-order valence-corrected chi connectivity index (χ2v) is 1.98. The molecule has 0 aromatic carbocycles. The Balaban J connectivity index is 2.68. The Morgan fingerprint density at radius 1 is 1.78 bits per heavy atom. The number of rotatable bonds is 1. The number of carbonyl (C=O) groups is 1. The van der Waals surface area contributed by atoms with Crippen LogP contribution < -0.4 is 5.32 Å². The van der Waals surface area contributed by atoms with E-state index in [1.165, 1.54) is 6.08 Å². The molecule has 1 heterocycles. The van der Waals surface area contributed by atoms with E-state index in [9.17, 15) is 4.79 Å². The van der Waals surface area contributed by atoms with Gasteiger partial charge in [-0.2, -0.15) is 0 Å². The summed E-state index contributed by atoms with van der Waals surface area (Å²) in [6.07, 6.45) is 1.46.